The van der Waals surface area contributed by atoms with E-state index in [4.69, 9.17) is 0 Å². The average molecular weight is 587 g/mol. The lowest BCUT2D eigenvalue weighted by Crippen LogP contribution is -2.44. The van der Waals surface area contributed by atoms with E-state index >= 15 is 0 Å². The quantitative estimate of drug-likeness (QED) is 0.204. The number of halogens is 4. The molecule has 2 atom stereocenters. The molecule has 2 aromatic heterocycles. The van der Waals surface area contributed by atoms with Gasteiger partial charge < -0.3 is 15.5 Å². The molecule has 0 amide bonds. The highest BCUT2D eigenvalue weighted by Crippen LogP contribution is 2.51. The van der Waals surface area contributed by atoms with Crippen molar-refractivity contribution in [3.05, 3.63) is 77.4 Å². The SMILES string of the molecule is CC1(C)C[C@](O)(c2ncc(-c3cc(Nc4nccc(C(F)(F)F)n4)cc(-c4ccccc4F)c3)s2)CC[C@H]1C(=O)O. The van der Waals surface area contributed by atoms with E-state index < -0.39 is 40.6 Å². The number of hydrogen-bond acceptors (Lipinski definition) is 7. The molecule has 0 radical (unpaired) electrons. The molecular formula is C29H26F4N4O3S. The number of aromatic nitrogens is 3. The van der Waals surface area contributed by atoms with Crippen LogP contribution in [-0.4, -0.2) is 31.1 Å². The summed E-state index contributed by atoms with van der Waals surface area (Å²) in [6, 6.07) is 11.8. The third kappa shape index (κ3) is 5.94. The molecule has 12 heteroatoms. The summed E-state index contributed by atoms with van der Waals surface area (Å²) in [6.45, 7) is 3.63. The van der Waals surface area contributed by atoms with Crippen LogP contribution in [0.5, 0.6) is 0 Å². The molecular weight excluding hydrogens is 560 g/mol. The molecule has 2 heterocycles. The smallest absolute Gasteiger partial charge is 0.433 e. The highest BCUT2D eigenvalue weighted by atomic mass is 32.1. The highest BCUT2D eigenvalue weighted by Gasteiger charge is 2.49. The molecule has 0 aliphatic heterocycles. The summed E-state index contributed by atoms with van der Waals surface area (Å²) in [4.78, 5) is 24.3. The molecule has 0 unspecified atom stereocenters. The van der Waals surface area contributed by atoms with Gasteiger partial charge in [-0.2, -0.15) is 13.2 Å². The molecule has 0 saturated heterocycles. The third-order valence-electron chi connectivity index (χ3n) is 7.34. The van der Waals surface area contributed by atoms with Crippen molar-refractivity contribution in [1.29, 1.82) is 0 Å². The fourth-order valence-corrected chi connectivity index (χ4v) is 6.42. The Morgan fingerprint density at radius 1 is 1.10 bits per heavy atom. The van der Waals surface area contributed by atoms with Gasteiger partial charge in [0.25, 0.3) is 0 Å². The molecule has 0 bridgehead atoms. The number of aliphatic hydroxyl groups is 1. The van der Waals surface area contributed by atoms with Crippen molar-refractivity contribution >= 4 is 28.9 Å². The summed E-state index contributed by atoms with van der Waals surface area (Å²) in [5, 5.41) is 24.4. The molecule has 3 N–H and O–H groups in total. The van der Waals surface area contributed by atoms with Crippen LogP contribution in [0.1, 0.15) is 43.8 Å². The van der Waals surface area contributed by atoms with E-state index in [1.807, 2.05) is 13.8 Å². The number of anilines is 2. The van der Waals surface area contributed by atoms with Crippen molar-refractivity contribution in [3.63, 3.8) is 0 Å². The van der Waals surface area contributed by atoms with E-state index in [-0.39, 0.29) is 24.4 Å². The average Bonchev–Trinajstić information content (AvgIpc) is 3.39. The molecule has 4 aromatic rings. The second-order valence-corrected chi connectivity index (χ2v) is 11.9. The molecule has 41 heavy (non-hydrogen) atoms. The van der Waals surface area contributed by atoms with Crippen LogP contribution >= 0.6 is 11.3 Å². The Labute approximate surface area is 237 Å². The van der Waals surface area contributed by atoms with Crippen LogP contribution in [0.15, 0.2) is 60.9 Å². The Bertz CT molecular complexity index is 1610. The number of benzene rings is 2. The van der Waals surface area contributed by atoms with Crippen molar-refractivity contribution in [3.8, 4) is 21.6 Å². The first-order valence-corrected chi connectivity index (χ1v) is 13.6. The highest BCUT2D eigenvalue weighted by molar-refractivity contribution is 7.15. The van der Waals surface area contributed by atoms with Gasteiger partial charge in [0.1, 0.15) is 22.1 Å². The Morgan fingerprint density at radius 2 is 1.83 bits per heavy atom. The second kappa shape index (κ2) is 10.5. The molecule has 5 rings (SSSR count). The number of carboxylic acids is 1. The van der Waals surface area contributed by atoms with E-state index in [0.717, 1.165) is 12.3 Å². The van der Waals surface area contributed by atoms with Crippen LogP contribution in [0.25, 0.3) is 21.6 Å². The number of nitrogens with one attached hydrogen (secondary N) is 1. The van der Waals surface area contributed by atoms with Gasteiger partial charge in [0.15, 0.2) is 0 Å². The fourth-order valence-electron chi connectivity index (χ4n) is 5.40. The molecule has 2 aromatic carbocycles. The Hall–Kier alpha value is -3.90. The number of alkyl halides is 3. The van der Waals surface area contributed by atoms with E-state index in [2.05, 4.69) is 20.3 Å². The lowest BCUT2D eigenvalue weighted by molar-refractivity contribution is -0.154. The zero-order valence-corrected chi connectivity index (χ0v) is 22.9. The lowest BCUT2D eigenvalue weighted by Gasteiger charge is -2.44. The first kappa shape index (κ1) is 28.6. The van der Waals surface area contributed by atoms with Crippen LogP contribution in [0, 0.1) is 17.2 Å². The van der Waals surface area contributed by atoms with Crippen molar-refractivity contribution < 1.29 is 32.6 Å². The standard InChI is InChI=1S/C29H26F4N4O3S/c1-27(2)15-28(40,9-7-20(27)24(38)39)25-35-14-22(41-25)17-11-16(19-5-3-4-6-21(19)30)12-18(13-17)36-26-34-10-8-23(37-26)29(31,32)33/h3-6,8,10-14,20,40H,7,9,15H2,1-2H3,(H,38,39)(H,34,36,37)/t20-,28-/m0/s1. The number of aliphatic carboxylic acids is 1. The zero-order valence-electron chi connectivity index (χ0n) is 22.0. The molecule has 214 valence electrons. The van der Waals surface area contributed by atoms with Gasteiger partial charge >= 0.3 is 12.1 Å². The first-order valence-electron chi connectivity index (χ1n) is 12.7. The Balaban J connectivity index is 1.53. The van der Waals surface area contributed by atoms with Gasteiger partial charge in [0.05, 0.1) is 10.8 Å². The van der Waals surface area contributed by atoms with Crippen molar-refractivity contribution in [2.45, 2.75) is 44.9 Å². The van der Waals surface area contributed by atoms with Crippen molar-refractivity contribution in [2.75, 3.05) is 5.32 Å². The molecule has 1 fully saturated rings. The maximum atomic E-state index is 14.8. The van der Waals surface area contributed by atoms with Gasteiger partial charge in [-0.15, -0.1) is 11.3 Å². The topological polar surface area (TPSA) is 108 Å². The summed E-state index contributed by atoms with van der Waals surface area (Å²) in [7, 11) is 0. The maximum Gasteiger partial charge on any atom is 0.433 e. The summed E-state index contributed by atoms with van der Waals surface area (Å²) in [5.74, 6) is -2.26. The van der Waals surface area contributed by atoms with E-state index in [9.17, 15) is 32.6 Å². The minimum Gasteiger partial charge on any atom is -0.481 e. The number of thiazole rings is 1. The van der Waals surface area contributed by atoms with Crippen LogP contribution in [0.2, 0.25) is 0 Å². The predicted octanol–water partition coefficient (Wildman–Crippen LogP) is 7.27. The summed E-state index contributed by atoms with van der Waals surface area (Å²) in [5.41, 5.74) is -1.48. The van der Waals surface area contributed by atoms with Gasteiger partial charge in [-0.05, 0) is 66.1 Å². The van der Waals surface area contributed by atoms with Crippen molar-refractivity contribution in [1.82, 2.24) is 15.0 Å². The first-order chi connectivity index (χ1) is 19.2. The van der Waals surface area contributed by atoms with Gasteiger partial charge in [-0.3, -0.25) is 4.79 Å². The van der Waals surface area contributed by atoms with Crippen LogP contribution in [-0.2, 0) is 16.6 Å². The largest absolute Gasteiger partial charge is 0.481 e. The van der Waals surface area contributed by atoms with E-state index in [1.165, 1.54) is 17.4 Å². The van der Waals surface area contributed by atoms with Gasteiger partial charge in [0.2, 0.25) is 5.95 Å². The molecule has 0 spiro atoms. The third-order valence-corrected chi connectivity index (χ3v) is 8.58. The molecule has 1 aliphatic carbocycles. The van der Waals surface area contributed by atoms with E-state index in [0.29, 0.717) is 33.1 Å². The lowest BCUT2D eigenvalue weighted by atomic mass is 9.63. The normalized spacial score (nSPS) is 20.5. The summed E-state index contributed by atoms with van der Waals surface area (Å²) >= 11 is 1.22. The predicted molar refractivity (Wildman–Crippen MR) is 146 cm³/mol. The van der Waals surface area contributed by atoms with Crippen LogP contribution < -0.4 is 5.32 Å². The Kier molecular flexibility index (Phi) is 7.33. The van der Waals surface area contributed by atoms with Gasteiger partial charge in [0, 0.05) is 23.6 Å². The monoisotopic (exact) mass is 586 g/mol. The van der Waals surface area contributed by atoms with E-state index in [1.54, 1.807) is 42.6 Å². The van der Waals surface area contributed by atoms with Crippen LogP contribution in [0.3, 0.4) is 0 Å². The number of rotatable bonds is 6. The molecule has 1 aliphatic rings. The fraction of sp³-hybridized carbons (Fsp3) is 0.310. The molecule has 7 nitrogen and oxygen atoms in total. The van der Waals surface area contributed by atoms with Gasteiger partial charge in [-0.1, -0.05) is 32.0 Å². The summed E-state index contributed by atoms with van der Waals surface area (Å²) in [6.07, 6.45) is -1.36. The molecule has 1 saturated carbocycles. The number of hydrogen-bond donors (Lipinski definition) is 3. The minimum atomic E-state index is -4.66. The summed E-state index contributed by atoms with van der Waals surface area (Å²) < 4.78 is 54.4. The zero-order chi connectivity index (χ0) is 29.6. The van der Waals surface area contributed by atoms with Crippen molar-refractivity contribution in [2.24, 2.45) is 11.3 Å². The Morgan fingerprint density at radius 3 is 2.51 bits per heavy atom. The number of carbonyl (C=O) groups is 1. The van der Waals surface area contributed by atoms with Gasteiger partial charge in [-0.25, -0.2) is 19.3 Å². The second-order valence-electron chi connectivity index (χ2n) is 10.8. The number of nitrogens with zero attached hydrogens (tertiary/aromatic N) is 3. The maximum absolute atomic E-state index is 14.8. The number of carboxylic acid groups (broad SMARTS) is 1. The van der Waals surface area contributed by atoms with Crippen LogP contribution in [0.4, 0.5) is 29.2 Å². The minimum absolute atomic E-state index is 0.207.